The van der Waals surface area contributed by atoms with E-state index in [0.29, 0.717) is 22.0 Å². The first kappa shape index (κ1) is 18.2. The smallest absolute Gasteiger partial charge is 0.205 e. The van der Waals surface area contributed by atoms with Gasteiger partial charge in [0.15, 0.2) is 0 Å². The molecular weight excluding hydrogens is 352 g/mol. The van der Waals surface area contributed by atoms with Crippen molar-refractivity contribution in [2.75, 3.05) is 5.73 Å². The molecule has 0 radical (unpaired) electrons. The Morgan fingerprint density at radius 2 is 1.81 bits per heavy atom. The van der Waals surface area contributed by atoms with Crippen LogP contribution in [0.5, 0.6) is 0 Å². The lowest BCUT2D eigenvalue weighted by molar-refractivity contribution is 0.104. The Morgan fingerprint density at radius 3 is 2.44 bits per heavy atom. The number of benzene rings is 1. The molecule has 0 amide bonds. The van der Waals surface area contributed by atoms with Crippen LogP contribution in [0.15, 0.2) is 24.3 Å². The van der Waals surface area contributed by atoms with Crippen molar-refractivity contribution in [1.29, 1.82) is 0 Å². The molecule has 2 heterocycles. The highest BCUT2D eigenvalue weighted by Gasteiger charge is 2.25. The first-order valence-corrected chi connectivity index (χ1v) is 10.7. The van der Waals surface area contributed by atoms with Crippen LogP contribution >= 0.6 is 11.3 Å². The number of nitrogens with two attached hydrogens (primary N) is 1. The highest BCUT2D eigenvalue weighted by Crippen LogP contribution is 2.40. The highest BCUT2D eigenvalue weighted by atomic mass is 32.1. The van der Waals surface area contributed by atoms with E-state index in [2.05, 4.69) is 20.8 Å². The fourth-order valence-electron chi connectivity index (χ4n) is 4.10. The van der Waals surface area contributed by atoms with E-state index >= 15 is 0 Å². The van der Waals surface area contributed by atoms with E-state index in [0.717, 1.165) is 29.5 Å². The molecule has 1 aliphatic rings. The minimum Gasteiger partial charge on any atom is -0.397 e. The molecule has 4 rings (SSSR count). The van der Waals surface area contributed by atoms with Gasteiger partial charge in [-0.25, -0.2) is 4.98 Å². The Labute approximate surface area is 164 Å². The number of hydrogen-bond donors (Lipinski definition) is 1. The van der Waals surface area contributed by atoms with E-state index in [1.165, 1.54) is 46.6 Å². The summed E-state index contributed by atoms with van der Waals surface area (Å²) >= 11 is 1.45. The monoisotopic (exact) mass is 378 g/mol. The molecule has 140 valence electrons. The second-order valence-electron chi connectivity index (χ2n) is 7.71. The number of ketones is 1. The van der Waals surface area contributed by atoms with E-state index in [1.807, 2.05) is 24.3 Å². The van der Waals surface area contributed by atoms with Gasteiger partial charge in [-0.2, -0.15) is 0 Å². The van der Waals surface area contributed by atoms with Gasteiger partial charge in [-0.05, 0) is 54.7 Å². The van der Waals surface area contributed by atoms with Gasteiger partial charge >= 0.3 is 0 Å². The maximum atomic E-state index is 13.1. The third-order valence-electron chi connectivity index (χ3n) is 5.66. The maximum Gasteiger partial charge on any atom is 0.205 e. The molecule has 3 nitrogen and oxygen atoms in total. The van der Waals surface area contributed by atoms with Gasteiger partial charge < -0.3 is 5.73 Å². The molecule has 0 unspecified atom stereocenters. The summed E-state index contributed by atoms with van der Waals surface area (Å²) in [6, 6.07) is 7.91. The van der Waals surface area contributed by atoms with Crippen LogP contribution in [0.4, 0.5) is 5.69 Å². The molecule has 4 heteroatoms. The predicted octanol–water partition coefficient (Wildman–Crippen LogP) is 5.67. The number of carbonyl (C=O) groups excluding carboxylic acids is 1. The van der Waals surface area contributed by atoms with Crippen molar-refractivity contribution in [1.82, 2.24) is 4.98 Å². The zero-order valence-electron chi connectivity index (χ0n) is 16.3. The topological polar surface area (TPSA) is 56.0 Å². The summed E-state index contributed by atoms with van der Waals surface area (Å²) in [6.45, 7) is 6.46. The molecule has 2 N–H and O–H groups in total. The number of aromatic nitrogens is 1. The van der Waals surface area contributed by atoms with Crippen LogP contribution in [-0.4, -0.2) is 10.8 Å². The lowest BCUT2D eigenvalue weighted by Gasteiger charge is -2.19. The minimum absolute atomic E-state index is 0.00779. The molecule has 0 aliphatic heterocycles. The van der Waals surface area contributed by atoms with Crippen LogP contribution in [0.3, 0.4) is 0 Å². The maximum absolute atomic E-state index is 13.1. The summed E-state index contributed by atoms with van der Waals surface area (Å²) in [5.41, 5.74) is 13.0. The summed E-state index contributed by atoms with van der Waals surface area (Å²) in [6.07, 6.45) is 5.45. The minimum atomic E-state index is 0.00779. The number of nitrogen functional groups attached to an aromatic ring is 1. The number of hydrogen-bond acceptors (Lipinski definition) is 4. The molecular formula is C23H26N2OS. The number of rotatable bonds is 4. The average Bonchev–Trinajstić information content (AvgIpc) is 3.03. The summed E-state index contributed by atoms with van der Waals surface area (Å²) in [5.74, 6) is 0.458. The largest absolute Gasteiger partial charge is 0.397 e. The standard InChI is InChI=1S/C23H26N2OS/c1-4-18-16-7-5-6-8-17(16)19-20(24)22(27-23(19)25-18)21(26)15-11-9-14(10-12-15)13(2)3/h9-13H,4-8,24H2,1-3H3. The number of anilines is 1. The van der Waals surface area contributed by atoms with Crippen molar-refractivity contribution >= 4 is 33.0 Å². The first-order valence-electron chi connectivity index (χ1n) is 9.88. The van der Waals surface area contributed by atoms with Gasteiger partial charge in [0.2, 0.25) is 5.78 Å². The normalized spacial score (nSPS) is 13.9. The number of thiophene rings is 1. The van der Waals surface area contributed by atoms with Crippen LogP contribution in [0.1, 0.15) is 77.2 Å². The van der Waals surface area contributed by atoms with Crippen molar-refractivity contribution in [2.24, 2.45) is 0 Å². The lowest BCUT2D eigenvalue weighted by Crippen LogP contribution is -2.09. The van der Waals surface area contributed by atoms with E-state index in [4.69, 9.17) is 10.7 Å². The van der Waals surface area contributed by atoms with Gasteiger partial charge in [0.05, 0.1) is 5.69 Å². The fraction of sp³-hybridized carbons (Fsp3) is 0.391. The number of pyridine rings is 1. The van der Waals surface area contributed by atoms with Crippen LogP contribution in [-0.2, 0) is 19.3 Å². The zero-order valence-corrected chi connectivity index (χ0v) is 17.1. The molecule has 1 aliphatic carbocycles. The molecule has 1 aromatic carbocycles. The molecule has 0 fully saturated rings. The second-order valence-corrected chi connectivity index (χ2v) is 8.71. The van der Waals surface area contributed by atoms with Crippen molar-refractivity contribution in [2.45, 2.75) is 58.8 Å². The molecule has 0 atom stereocenters. The number of aryl methyl sites for hydroxylation is 2. The lowest BCUT2D eigenvalue weighted by atomic mass is 9.88. The molecule has 0 spiro atoms. The van der Waals surface area contributed by atoms with Crippen LogP contribution in [0.2, 0.25) is 0 Å². The third-order valence-corrected chi connectivity index (χ3v) is 6.76. The predicted molar refractivity (Wildman–Crippen MR) is 114 cm³/mol. The van der Waals surface area contributed by atoms with Crippen LogP contribution in [0, 0.1) is 0 Å². The number of carbonyl (C=O) groups is 1. The van der Waals surface area contributed by atoms with E-state index in [9.17, 15) is 4.79 Å². The summed E-state index contributed by atoms with van der Waals surface area (Å²) < 4.78 is 0. The Hall–Kier alpha value is -2.20. The number of fused-ring (bicyclic) bond motifs is 3. The van der Waals surface area contributed by atoms with Crippen molar-refractivity contribution in [3.05, 3.63) is 57.1 Å². The summed E-state index contributed by atoms with van der Waals surface area (Å²) in [7, 11) is 0. The molecule has 0 saturated carbocycles. The van der Waals surface area contributed by atoms with Gasteiger partial charge in [-0.1, -0.05) is 45.0 Å². The molecule has 0 bridgehead atoms. The van der Waals surface area contributed by atoms with Crippen LogP contribution in [0.25, 0.3) is 10.2 Å². The molecule has 2 aromatic heterocycles. The average molecular weight is 379 g/mol. The Morgan fingerprint density at radius 1 is 1.15 bits per heavy atom. The third kappa shape index (κ3) is 3.06. The summed E-state index contributed by atoms with van der Waals surface area (Å²) in [4.78, 5) is 19.6. The van der Waals surface area contributed by atoms with E-state index in [1.54, 1.807) is 0 Å². The Balaban J connectivity index is 1.83. The molecule has 0 saturated heterocycles. The highest BCUT2D eigenvalue weighted by molar-refractivity contribution is 7.21. The first-order chi connectivity index (χ1) is 13.0. The SMILES string of the molecule is CCc1nc2sc(C(=O)c3ccc(C(C)C)cc3)c(N)c2c2c1CCCC2. The van der Waals surface area contributed by atoms with Crippen molar-refractivity contribution in [3.8, 4) is 0 Å². The van der Waals surface area contributed by atoms with Gasteiger partial charge in [-0.15, -0.1) is 11.3 Å². The fourth-order valence-corrected chi connectivity index (χ4v) is 5.21. The van der Waals surface area contributed by atoms with Crippen molar-refractivity contribution in [3.63, 3.8) is 0 Å². The second kappa shape index (κ2) is 7.08. The Bertz CT molecular complexity index is 1020. The summed E-state index contributed by atoms with van der Waals surface area (Å²) in [5, 5.41) is 1.04. The zero-order chi connectivity index (χ0) is 19.1. The van der Waals surface area contributed by atoms with Crippen LogP contribution < -0.4 is 5.73 Å². The quantitative estimate of drug-likeness (QED) is 0.595. The Kier molecular flexibility index (Phi) is 4.77. The van der Waals surface area contributed by atoms with Gasteiger partial charge in [-0.3, -0.25) is 4.79 Å². The van der Waals surface area contributed by atoms with Gasteiger partial charge in [0.25, 0.3) is 0 Å². The molecule has 3 aromatic rings. The number of nitrogens with zero attached hydrogens (tertiary/aromatic N) is 1. The van der Waals surface area contributed by atoms with E-state index < -0.39 is 0 Å². The van der Waals surface area contributed by atoms with Gasteiger partial charge in [0, 0.05) is 16.6 Å². The van der Waals surface area contributed by atoms with Crippen molar-refractivity contribution < 1.29 is 4.79 Å². The van der Waals surface area contributed by atoms with E-state index in [-0.39, 0.29) is 5.78 Å². The molecule has 27 heavy (non-hydrogen) atoms. The van der Waals surface area contributed by atoms with Gasteiger partial charge in [0.1, 0.15) is 9.71 Å².